The first-order valence-corrected chi connectivity index (χ1v) is 7.33. The van der Waals surface area contributed by atoms with Gasteiger partial charge < -0.3 is 10.6 Å². The molecule has 1 amide bonds. The Morgan fingerprint density at radius 1 is 1.30 bits per heavy atom. The Labute approximate surface area is 120 Å². The minimum Gasteiger partial charge on any atom is -0.336 e. The van der Waals surface area contributed by atoms with Crippen LogP contribution in [-0.4, -0.2) is 64.8 Å². The summed E-state index contributed by atoms with van der Waals surface area (Å²) in [6, 6.07) is 0. The summed E-state index contributed by atoms with van der Waals surface area (Å²) in [5, 5.41) is 4.14. The molecule has 2 rings (SSSR count). The number of aryl methyl sites for hydroxylation is 1. The molecular weight excluding hydrogens is 254 g/mol. The van der Waals surface area contributed by atoms with Crippen LogP contribution < -0.4 is 5.73 Å². The Bertz CT molecular complexity index is 448. The minimum atomic E-state index is 0.109. The van der Waals surface area contributed by atoms with Gasteiger partial charge in [-0.2, -0.15) is 5.10 Å². The number of nitrogens with zero attached hydrogens (tertiary/aromatic N) is 4. The lowest BCUT2D eigenvalue weighted by atomic mass is 10.2. The molecule has 1 aromatic heterocycles. The van der Waals surface area contributed by atoms with Crippen molar-refractivity contribution < 1.29 is 4.79 Å². The SMILES string of the molecule is Cc1c(C(=O)N2CCN(CCCCN)CC2)cnn1C. The van der Waals surface area contributed by atoms with Crippen molar-refractivity contribution in [3.05, 3.63) is 17.5 Å². The number of hydrogen-bond donors (Lipinski definition) is 1. The quantitative estimate of drug-likeness (QED) is 0.783. The zero-order valence-corrected chi connectivity index (χ0v) is 12.5. The molecule has 6 heteroatoms. The number of amides is 1. The van der Waals surface area contributed by atoms with E-state index in [4.69, 9.17) is 5.73 Å². The third-order valence-electron chi connectivity index (χ3n) is 4.05. The van der Waals surface area contributed by atoms with E-state index in [1.165, 1.54) is 0 Å². The summed E-state index contributed by atoms with van der Waals surface area (Å²) in [6.07, 6.45) is 3.89. The van der Waals surface area contributed by atoms with Gasteiger partial charge in [-0.15, -0.1) is 0 Å². The molecule has 1 saturated heterocycles. The molecule has 0 bridgehead atoms. The molecule has 2 heterocycles. The molecule has 0 radical (unpaired) electrons. The van der Waals surface area contributed by atoms with Crippen LogP contribution >= 0.6 is 0 Å². The molecule has 1 aliphatic heterocycles. The van der Waals surface area contributed by atoms with E-state index in [1.54, 1.807) is 10.9 Å². The van der Waals surface area contributed by atoms with Gasteiger partial charge in [0.05, 0.1) is 11.8 Å². The smallest absolute Gasteiger partial charge is 0.257 e. The maximum Gasteiger partial charge on any atom is 0.257 e. The molecule has 0 aromatic carbocycles. The molecule has 20 heavy (non-hydrogen) atoms. The monoisotopic (exact) mass is 279 g/mol. The lowest BCUT2D eigenvalue weighted by molar-refractivity contribution is 0.0635. The van der Waals surface area contributed by atoms with Gasteiger partial charge in [-0.1, -0.05) is 0 Å². The van der Waals surface area contributed by atoms with Crippen LogP contribution in [0.25, 0.3) is 0 Å². The second kappa shape index (κ2) is 6.85. The first kappa shape index (κ1) is 15.0. The Balaban J connectivity index is 1.84. The van der Waals surface area contributed by atoms with Gasteiger partial charge in [-0.05, 0) is 32.9 Å². The van der Waals surface area contributed by atoms with Crippen LogP contribution in [0.1, 0.15) is 28.9 Å². The average molecular weight is 279 g/mol. The summed E-state index contributed by atoms with van der Waals surface area (Å²) in [4.78, 5) is 16.8. The van der Waals surface area contributed by atoms with Crippen LogP contribution in [0.15, 0.2) is 6.20 Å². The molecule has 6 nitrogen and oxygen atoms in total. The van der Waals surface area contributed by atoms with Gasteiger partial charge in [0.2, 0.25) is 0 Å². The lowest BCUT2D eigenvalue weighted by Gasteiger charge is -2.34. The normalized spacial score (nSPS) is 16.6. The van der Waals surface area contributed by atoms with Crippen molar-refractivity contribution in [2.45, 2.75) is 19.8 Å². The van der Waals surface area contributed by atoms with E-state index < -0.39 is 0 Å². The fourth-order valence-electron chi connectivity index (χ4n) is 2.53. The highest BCUT2D eigenvalue weighted by atomic mass is 16.2. The molecule has 112 valence electrons. The zero-order valence-electron chi connectivity index (χ0n) is 12.5. The fraction of sp³-hybridized carbons (Fsp3) is 0.714. The highest BCUT2D eigenvalue weighted by molar-refractivity contribution is 5.95. The minimum absolute atomic E-state index is 0.109. The Morgan fingerprint density at radius 2 is 2.00 bits per heavy atom. The van der Waals surface area contributed by atoms with Gasteiger partial charge in [-0.25, -0.2) is 0 Å². The summed E-state index contributed by atoms with van der Waals surface area (Å²) in [7, 11) is 1.86. The lowest BCUT2D eigenvalue weighted by Crippen LogP contribution is -2.48. The predicted molar refractivity (Wildman–Crippen MR) is 78.6 cm³/mol. The number of nitrogens with two attached hydrogens (primary N) is 1. The number of carbonyl (C=O) groups excluding carboxylic acids is 1. The number of unbranched alkanes of at least 4 members (excludes halogenated alkanes) is 1. The van der Waals surface area contributed by atoms with E-state index in [0.717, 1.165) is 63.4 Å². The summed E-state index contributed by atoms with van der Waals surface area (Å²) in [5.74, 6) is 0.109. The van der Waals surface area contributed by atoms with Crippen LogP contribution in [0.5, 0.6) is 0 Å². The molecule has 1 aromatic rings. The van der Waals surface area contributed by atoms with Gasteiger partial charge in [0.1, 0.15) is 0 Å². The first-order valence-electron chi connectivity index (χ1n) is 7.33. The van der Waals surface area contributed by atoms with Gasteiger partial charge >= 0.3 is 0 Å². The third kappa shape index (κ3) is 3.37. The van der Waals surface area contributed by atoms with Crippen molar-refractivity contribution in [3.8, 4) is 0 Å². The van der Waals surface area contributed by atoms with Crippen LogP contribution in [-0.2, 0) is 7.05 Å². The Morgan fingerprint density at radius 3 is 2.55 bits per heavy atom. The van der Waals surface area contributed by atoms with Crippen LogP contribution in [0.4, 0.5) is 0 Å². The maximum atomic E-state index is 12.4. The fourth-order valence-corrected chi connectivity index (χ4v) is 2.53. The summed E-state index contributed by atoms with van der Waals surface area (Å²) >= 11 is 0. The molecule has 0 spiro atoms. The van der Waals surface area contributed by atoms with Crippen molar-refractivity contribution in [2.75, 3.05) is 39.3 Å². The van der Waals surface area contributed by atoms with Crippen molar-refractivity contribution >= 4 is 5.91 Å². The third-order valence-corrected chi connectivity index (χ3v) is 4.05. The van der Waals surface area contributed by atoms with E-state index >= 15 is 0 Å². The predicted octanol–water partition coefficient (Wildman–Crippen LogP) is 0.225. The van der Waals surface area contributed by atoms with Crippen molar-refractivity contribution in [2.24, 2.45) is 12.8 Å². The van der Waals surface area contributed by atoms with Crippen molar-refractivity contribution in [1.29, 1.82) is 0 Å². The summed E-state index contributed by atoms with van der Waals surface area (Å²) < 4.78 is 1.75. The van der Waals surface area contributed by atoms with Crippen LogP contribution in [0.2, 0.25) is 0 Å². The highest BCUT2D eigenvalue weighted by Gasteiger charge is 2.24. The molecule has 0 saturated carbocycles. The molecule has 1 aliphatic rings. The second-order valence-electron chi connectivity index (χ2n) is 5.40. The largest absolute Gasteiger partial charge is 0.336 e. The summed E-state index contributed by atoms with van der Waals surface area (Å²) in [6.45, 7) is 7.30. The maximum absolute atomic E-state index is 12.4. The highest BCUT2D eigenvalue weighted by Crippen LogP contribution is 2.12. The Hall–Kier alpha value is -1.40. The van der Waals surface area contributed by atoms with Gasteiger partial charge in [0.15, 0.2) is 0 Å². The topological polar surface area (TPSA) is 67.4 Å². The molecule has 1 fully saturated rings. The number of piperazine rings is 1. The van der Waals surface area contributed by atoms with Crippen LogP contribution in [0.3, 0.4) is 0 Å². The van der Waals surface area contributed by atoms with Crippen molar-refractivity contribution in [3.63, 3.8) is 0 Å². The van der Waals surface area contributed by atoms with Gasteiger partial charge in [0.25, 0.3) is 5.91 Å². The van der Waals surface area contributed by atoms with E-state index in [-0.39, 0.29) is 5.91 Å². The van der Waals surface area contributed by atoms with E-state index in [1.807, 2.05) is 18.9 Å². The van der Waals surface area contributed by atoms with Gasteiger partial charge in [-0.3, -0.25) is 14.4 Å². The molecule has 2 N–H and O–H groups in total. The molecule has 0 aliphatic carbocycles. The van der Waals surface area contributed by atoms with E-state index in [0.29, 0.717) is 0 Å². The van der Waals surface area contributed by atoms with Crippen molar-refractivity contribution in [1.82, 2.24) is 19.6 Å². The first-order chi connectivity index (χ1) is 9.63. The van der Waals surface area contributed by atoms with Crippen LogP contribution in [0, 0.1) is 6.92 Å². The molecule has 0 unspecified atom stereocenters. The van der Waals surface area contributed by atoms with E-state index in [2.05, 4.69) is 10.00 Å². The molecule has 0 atom stereocenters. The average Bonchev–Trinajstić information content (AvgIpc) is 2.79. The molecular formula is C14H25N5O. The number of carbonyl (C=O) groups is 1. The van der Waals surface area contributed by atoms with E-state index in [9.17, 15) is 4.79 Å². The summed E-state index contributed by atoms with van der Waals surface area (Å²) in [5.41, 5.74) is 7.16. The number of rotatable bonds is 5. The zero-order chi connectivity index (χ0) is 14.5. The second-order valence-corrected chi connectivity index (χ2v) is 5.40. The number of aromatic nitrogens is 2. The Kier molecular flexibility index (Phi) is 5.14. The van der Waals surface area contributed by atoms with Gasteiger partial charge in [0, 0.05) is 38.9 Å². The number of hydrogen-bond acceptors (Lipinski definition) is 4. The standard InChI is InChI=1S/C14H25N5O/c1-12-13(11-16-17(12)2)14(20)19-9-7-18(8-10-19)6-4-3-5-15/h11H,3-10,15H2,1-2H3.